The lowest BCUT2D eigenvalue weighted by molar-refractivity contribution is -0.116. The van der Waals surface area contributed by atoms with E-state index >= 15 is 0 Å². The van der Waals surface area contributed by atoms with Crippen molar-refractivity contribution in [2.75, 3.05) is 25.7 Å². The van der Waals surface area contributed by atoms with E-state index in [9.17, 15) is 4.79 Å². The van der Waals surface area contributed by atoms with Gasteiger partial charge in [-0.1, -0.05) is 12.1 Å². The van der Waals surface area contributed by atoms with Crippen molar-refractivity contribution in [3.8, 4) is 17.2 Å². The Morgan fingerprint density at radius 3 is 2.93 bits per heavy atom. The summed E-state index contributed by atoms with van der Waals surface area (Å²) >= 11 is 0. The summed E-state index contributed by atoms with van der Waals surface area (Å²) in [7, 11) is 2.01. The van der Waals surface area contributed by atoms with E-state index in [2.05, 4.69) is 10.2 Å². The fourth-order valence-corrected chi connectivity index (χ4v) is 3.00. The van der Waals surface area contributed by atoms with E-state index in [1.165, 1.54) is 0 Å². The third-order valence-electron chi connectivity index (χ3n) is 4.50. The third-order valence-corrected chi connectivity index (χ3v) is 4.50. The van der Waals surface area contributed by atoms with Gasteiger partial charge in [0, 0.05) is 38.0 Å². The topological polar surface area (TPSA) is 60.0 Å². The van der Waals surface area contributed by atoms with Crippen LogP contribution in [0.15, 0.2) is 66.6 Å². The number of allylic oxidation sites excluding steroid dienone is 1. The number of nitrogens with one attached hydrogen (secondary N) is 1. The molecule has 0 unspecified atom stereocenters. The molecule has 4 rings (SSSR count). The quantitative estimate of drug-likeness (QED) is 0.830. The van der Waals surface area contributed by atoms with Crippen molar-refractivity contribution in [1.29, 1.82) is 0 Å². The number of anilines is 1. The SMILES string of the molecule is CN1C=CC(Oc2cccc(CCC(=O)Nc3ccc4c(c3)OCO4)c2)=CC1. The molecule has 0 bridgehead atoms. The number of fused-ring (bicyclic) bond motifs is 1. The van der Waals surface area contributed by atoms with E-state index in [4.69, 9.17) is 14.2 Å². The van der Waals surface area contributed by atoms with Gasteiger partial charge in [0.1, 0.15) is 11.5 Å². The van der Waals surface area contributed by atoms with Crippen LogP contribution in [0.3, 0.4) is 0 Å². The molecule has 0 atom stereocenters. The van der Waals surface area contributed by atoms with Crippen LogP contribution in [-0.4, -0.2) is 31.2 Å². The summed E-state index contributed by atoms with van der Waals surface area (Å²) in [6.45, 7) is 1.04. The van der Waals surface area contributed by atoms with Crippen molar-refractivity contribution in [3.05, 3.63) is 72.1 Å². The van der Waals surface area contributed by atoms with Gasteiger partial charge in [0.05, 0.1) is 0 Å². The number of nitrogens with zero attached hydrogens (tertiary/aromatic N) is 1. The zero-order valence-corrected chi connectivity index (χ0v) is 15.7. The third kappa shape index (κ3) is 4.46. The average molecular weight is 378 g/mol. The number of amides is 1. The molecule has 1 N–H and O–H groups in total. The van der Waals surface area contributed by atoms with Gasteiger partial charge >= 0.3 is 0 Å². The lowest BCUT2D eigenvalue weighted by Gasteiger charge is -2.17. The molecule has 2 aromatic rings. The molecular weight excluding hydrogens is 356 g/mol. The Labute approximate surface area is 164 Å². The molecule has 0 spiro atoms. The first kappa shape index (κ1) is 18.0. The zero-order valence-electron chi connectivity index (χ0n) is 15.7. The second kappa shape index (κ2) is 8.08. The van der Waals surface area contributed by atoms with Gasteiger partial charge in [-0.15, -0.1) is 0 Å². The molecule has 6 heteroatoms. The van der Waals surface area contributed by atoms with Gasteiger partial charge in [-0.25, -0.2) is 0 Å². The largest absolute Gasteiger partial charge is 0.458 e. The molecule has 0 saturated carbocycles. The van der Waals surface area contributed by atoms with Crippen LogP contribution in [0.25, 0.3) is 0 Å². The number of likely N-dealkylation sites (N-methyl/N-ethyl adjacent to an activating group) is 1. The van der Waals surface area contributed by atoms with Crippen LogP contribution in [0, 0.1) is 0 Å². The van der Waals surface area contributed by atoms with Crippen molar-refractivity contribution in [2.45, 2.75) is 12.8 Å². The highest BCUT2D eigenvalue weighted by Crippen LogP contribution is 2.34. The summed E-state index contributed by atoms with van der Waals surface area (Å²) < 4.78 is 16.5. The van der Waals surface area contributed by atoms with Gasteiger partial charge in [0.25, 0.3) is 0 Å². The van der Waals surface area contributed by atoms with Crippen LogP contribution in [0.4, 0.5) is 5.69 Å². The first-order valence-corrected chi connectivity index (χ1v) is 9.21. The van der Waals surface area contributed by atoms with E-state index < -0.39 is 0 Å². The molecular formula is C22H22N2O4. The second-order valence-corrected chi connectivity index (χ2v) is 6.73. The molecule has 2 heterocycles. The van der Waals surface area contributed by atoms with Gasteiger partial charge < -0.3 is 24.4 Å². The Balaban J connectivity index is 1.31. The fraction of sp³-hybridized carbons (Fsp3) is 0.227. The Morgan fingerprint density at radius 1 is 1.18 bits per heavy atom. The number of benzene rings is 2. The monoisotopic (exact) mass is 378 g/mol. The number of carbonyl (C=O) groups excluding carboxylic acids is 1. The molecule has 0 fully saturated rings. The van der Waals surface area contributed by atoms with Gasteiger partial charge in [0.15, 0.2) is 11.5 Å². The maximum absolute atomic E-state index is 12.3. The normalized spacial score (nSPS) is 14.6. The first-order chi connectivity index (χ1) is 13.7. The van der Waals surface area contributed by atoms with E-state index in [1.54, 1.807) is 12.1 Å². The van der Waals surface area contributed by atoms with E-state index in [0.717, 1.165) is 23.6 Å². The summed E-state index contributed by atoms with van der Waals surface area (Å²) in [6.07, 6.45) is 6.97. The van der Waals surface area contributed by atoms with Crippen LogP contribution in [0.5, 0.6) is 17.2 Å². The van der Waals surface area contributed by atoms with Crippen molar-refractivity contribution in [1.82, 2.24) is 4.90 Å². The molecule has 144 valence electrons. The maximum atomic E-state index is 12.3. The zero-order chi connectivity index (χ0) is 19.3. The minimum Gasteiger partial charge on any atom is -0.458 e. The summed E-state index contributed by atoms with van der Waals surface area (Å²) in [5, 5.41) is 2.90. The second-order valence-electron chi connectivity index (χ2n) is 6.73. The number of ether oxygens (including phenoxy) is 3. The molecule has 1 amide bonds. The van der Waals surface area contributed by atoms with Crippen LogP contribution in [0.1, 0.15) is 12.0 Å². The van der Waals surface area contributed by atoms with Gasteiger partial charge in [-0.3, -0.25) is 4.79 Å². The Morgan fingerprint density at radius 2 is 2.07 bits per heavy atom. The van der Waals surface area contributed by atoms with Gasteiger partial charge in [-0.05, 0) is 48.4 Å². The number of hydrogen-bond acceptors (Lipinski definition) is 5. The highest BCUT2D eigenvalue weighted by Gasteiger charge is 2.14. The van der Waals surface area contributed by atoms with Crippen LogP contribution >= 0.6 is 0 Å². The lowest BCUT2D eigenvalue weighted by atomic mass is 10.1. The average Bonchev–Trinajstić information content (AvgIpc) is 3.16. The molecule has 0 aromatic heterocycles. The fourth-order valence-electron chi connectivity index (χ4n) is 3.00. The van der Waals surface area contributed by atoms with Crippen LogP contribution in [0.2, 0.25) is 0 Å². The van der Waals surface area contributed by atoms with Gasteiger partial charge in [0.2, 0.25) is 12.7 Å². The van der Waals surface area contributed by atoms with Crippen molar-refractivity contribution < 1.29 is 19.0 Å². The Bertz CT molecular complexity index is 936. The van der Waals surface area contributed by atoms with E-state index in [-0.39, 0.29) is 12.7 Å². The Hall–Kier alpha value is -3.41. The van der Waals surface area contributed by atoms with Gasteiger partial charge in [-0.2, -0.15) is 0 Å². The minimum absolute atomic E-state index is 0.0499. The standard InChI is InChI=1S/C22H22N2O4/c1-24-11-9-18(10-12-24)28-19-4-2-3-16(13-19)5-8-22(25)23-17-6-7-20-21(14-17)27-15-26-20/h2-4,6-7,9-11,13-14H,5,8,12,15H2,1H3,(H,23,25). The number of aryl methyl sites for hydroxylation is 1. The molecule has 6 nitrogen and oxygen atoms in total. The Kier molecular flexibility index (Phi) is 5.19. The van der Waals surface area contributed by atoms with E-state index in [0.29, 0.717) is 30.0 Å². The molecule has 0 saturated heterocycles. The smallest absolute Gasteiger partial charge is 0.231 e. The molecule has 0 radical (unpaired) electrons. The molecule has 2 aliphatic heterocycles. The van der Waals surface area contributed by atoms with E-state index in [1.807, 2.05) is 55.7 Å². The summed E-state index contributed by atoms with van der Waals surface area (Å²) in [4.78, 5) is 14.4. The summed E-state index contributed by atoms with van der Waals surface area (Å²) in [5.41, 5.74) is 1.75. The number of hydrogen-bond donors (Lipinski definition) is 1. The van der Waals surface area contributed by atoms with Crippen molar-refractivity contribution >= 4 is 11.6 Å². The molecule has 0 aliphatic carbocycles. The minimum atomic E-state index is -0.0499. The summed E-state index contributed by atoms with van der Waals surface area (Å²) in [5.74, 6) is 2.90. The molecule has 2 aliphatic rings. The van der Waals surface area contributed by atoms with Crippen LogP contribution in [-0.2, 0) is 11.2 Å². The summed E-state index contributed by atoms with van der Waals surface area (Å²) in [6, 6.07) is 13.2. The van der Waals surface area contributed by atoms with Crippen molar-refractivity contribution in [3.63, 3.8) is 0 Å². The van der Waals surface area contributed by atoms with Crippen molar-refractivity contribution in [2.24, 2.45) is 0 Å². The highest BCUT2D eigenvalue weighted by atomic mass is 16.7. The number of carbonyl (C=O) groups is 1. The lowest BCUT2D eigenvalue weighted by Crippen LogP contribution is -2.15. The number of rotatable bonds is 6. The van der Waals surface area contributed by atoms with Crippen LogP contribution < -0.4 is 19.5 Å². The predicted molar refractivity (Wildman–Crippen MR) is 106 cm³/mol. The maximum Gasteiger partial charge on any atom is 0.231 e. The molecule has 28 heavy (non-hydrogen) atoms. The highest BCUT2D eigenvalue weighted by molar-refractivity contribution is 5.91. The predicted octanol–water partition coefficient (Wildman–Crippen LogP) is 3.71. The molecule has 2 aromatic carbocycles. The first-order valence-electron chi connectivity index (χ1n) is 9.21.